The Morgan fingerprint density at radius 1 is 1.37 bits per heavy atom. The van der Waals surface area contributed by atoms with E-state index in [1.807, 2.05) is 24.0 Å². The van der Waals surface area contributed by atoms with Gasteiger partial charge in [-0.25, -0.2) is 0 Å². The summed E-state index contributed by atoms with van der Waals surface area (Å²) in [4.78, 5) is 9.90. The standard InChI is InChI=1S/C15H21N3S/c1-2-8-17-14(10-15-11-16-12-19-15)7-6-13-5-3-4-9-18-13/h3-5,9,11-12,14,17H,2,6-8,10H2,1H3. The van der Waals surface area contributed by atoms with Crippen LogP contribution in [0.15, 0.2) is 36.1 Å². The Hall–Kier alpha value is -1.26. The number of thiazole rings is 1. The highest BCUT2D eigenvalue weighted by atomic mass is 32.1. The minimum Gasteiger partial charge on any atom is -0.314 e. The van der Waals surface area contributed by atoms with E-state index in [2.05, 4.69) is 34.3 Å². The molecule has 19 heavy (non-hydrogen) atoms. The monoisotopic (exact) mass is 275 g/mol. The molecule has 0 aliphatic heterocycles. The van der Waals surface area contributed by atoms with Gasteiger partial charge in [0.05, 0.1) is 5.51 Å². The fourth-order valence-electron chi connectivity index (χ4n) is 2.08. The third kappa shape index (κ3) is 5.09. The highest BCUT2D eigenvalue weighted by molar-refractivity contribution is 7.09. The molecule has 0 fully saturated rings. The molecule has 102 valence electrons. The molecule has 0 aliphatic carbocycles. The van der Waals surface area contributed by atoms with Gasteiger partial charge >= 0.3 is 0 Å². The van der Waals surface area contributed by atoms with Gasteiger partial charge in [-0.05, 0) is 44.4 Å². The predicted molar refractivity (Wildman–Crippen MR) is 80.5 cm³/mol. The van der Waals surface area contributed by atoms with Crippen molar-refractivity contribution >= 4 is 11.3 Å². The van der Waals surface area contributed by atoms with E-state index in [1.165, 1.54) is 17.0 Å². The van der Waals surface area contributed by atoms with Crippen molar-refractivity contribution in [3.05, 3.63) is 46.7 Å². The first-order valence-corrected chi connectivity index (χ1v) is 7.77. The van der Waals surface area contributed by atoms with E-state index in [1.54, 1.807) is 11.3 Å². The minimum absolute atomic E-state index is 0.516. The number of aromatic nitrogens is 2. The lowest BCUT2D eigenvalue weighted by atomic mass is 10.1. The van der Waals surface area contributed by atoms with Crippen LogP contribution in [0.1, 0.15) is 30.3 Å². The van der Waals surface area contributed by atoms with Crippen molar-refractivity contribution in [3.63, 3.8) is 0 Å². The summed E-state index contributed by atoms with van der Waals surface area (Å²) >= 11 is 1.74. The van der Waals surface area contributed by atoms with Gasteiger partial charge in [0.2, 0.25) is 0 Å². The van der Waals surface area contributed by atoms with Crippen LogP contribution < -0.4 is 5.32 Å². The van der Waals surface area contributed by atoms with Crippen molar-refractivity contribution in [2.24, 2.45) is 0 Å². The van der Waals surface area contributed by atoms with Crippen LogP contribution in [0, 0.1) is 0 Å². The van der Waals surface area contributed by atoms with Crippen molar-refractivity contribution in [3.8, 4) is 0 Å². The maximum Gasteiger partial charge on any atom is 0.0794 e. The van der Waals surface area contributed by atoms with Gasteiger partial charge in [-0.3, -0.25) is 9.97 Å². The van der Waals surface area contributed by atoms with Crippen molar-refractivity contribution in [1.29, 1.82) is 0 Å². The average Bonchev–Trinajstić information content (AvgIpc) is 2.96. The number of pyridine rings is 1. The van der Waals surface area contributed by atoms with Crippen LogP contribution in [0.3, 0.4) is 0 Å². The highest BCUT2D eigenvalue weighted by Crippen LogP contribution is 2.12. The van der Waals surface area contributed by atoms with E-state index in [4.69, 9.17) is 0 Å². The molecule has 2 aromatic rings. The van der Waals surface area contributed by atoms with Crippen LogP contribution in [0.25, 0.3) is 0 Å². The maximum atomic E-state index is 4.39. The molecule has 2 rings (SSSR count). The van der Waals surface area contributed by atoms with Crippen LogP contribution in [0.4, 0.5) is 0 Å². The van der Waals surface area contributed by atoms with Crippen molar-refractivity contribution in [2.45, 2.75) is 38.6 Å². The summed E-state index contributed by atoms with van der Waals surface area (Å²) in [5.74, 6) is 0. The van der Waals surface area contributed by atoms with Gasteiger partial charge in [-0.2, -0.15) is 0 Å². The molecule has 1 atom stereocenters. The number of nitrogens with one attached hydrogen (secondary N) is 1. The summed E-state index contributed by atoms with van der Waals surface area (Å²) in [6.45, 7) is 3.28. The number of hydrogen-bond donors (Lipinski definition) is 1. The number of rotatable bonds is 8. The van der Waals surface area contributed by atoms with Crippen LogP contribution in [-0.4, -0.2) is 22.6 Å². The molecule has 1 N–H and O–H groups in total. The zero-order valence-corrected chi connectivity index (χ0v) is 12.2. The topological polar surface area (TPSA) is 37.8 Å². The third-order valence-electron chi connectivity index (χ3n) is 3.09. The second-order valence-electron chi connectivity index (χ2n) is 4.68. The van der Waals surface area contributed by atoms with Crippen LogP contribution in [0.2, 0.25) is 0 Å². The number of nitrogens with zero attached hydrogens (tertiary/aromatic N) is 2. The first-order chi connectivity index (χ1) is 9.38. The Kier molecular flexibility index (Phi) is 5.98. The number of aryl methyl sites for hydroxylation is 1. The van der Waals surface area contributed by atoms with Gasteiger partial charge in [0.1, 0.15) is 0 Å². The molecule has 3 nitrogen and oxygen atoms in total. The quantitative estimate of drug-likeness (QED) is 0.804. The lowest BCUT2D eigenvalue weighted by molar-refractivity contribution is 0.478. The van der Waals surface area contributed by atoms with E-state index in [0.29, 0.717) is 6.04 Å². The molecule has 1 unspecified atom stereocenters. The molecular weight excluding hydrogens is 254 g/mol. The second-order valence-corrected chi connectivity index (χ2v) is 5.65. The predicted octanol–water partition coefficient (Wildman–Crippen LogP) is 3.08. The zero-order chi connectivity index (χ0) is 13.3. The Bertz CT molecular complexity index is 442. The van der Waals surface area contributed by atoms with Gasteiger partial charge < -0.3 is 5.32 Å². The molecule has 0 aliphatic rings. The lowest BCUT2D eigenvalue weighted by Gasteiger charge is -2.17. The van der Waals surface area contributed by atoms with Gasteiger partial charge in [0.15, 0.2) is 0 Å². The smallest absolute Gasteiger partial charge is 0.0794 e. The molecule has 0 radical (unpaired) electrons. The van der Waals surface area contributed by atoms with Gasteiger partial charge in [-0.1, -0.05) is 13.0 Å². The van der Waals surface area contributed by atoms with E-state index in [0.717, 1.165) is 25.8 Å². The first kappa shape index (κ1) is 14.2. The first-order valence-electron chi connectivity index (χ1n) is 6.89. The van der Waals surface area contributed by atoms with E-state index in [9.17, 15) is 0 Å². The van der Waals surface area contributed by atoms with Crippen LogP contribution in [0.5, 0.6) is 0 Å². The molecule has 4 heteroatoms. The highest BCUT2D eigenvalue weighted by Gasteiger charge is 2.10. The zero-order valence-electron chi connectivity index (χ0n) is 11.4. The van der Waals surface area contributed by atoms with E-state index in [-0.39, 0.29) is 0 Å². The SMILES string of the molecule is CCCNC(CCc1ccccn1)Cc1cncs1. The van der Waals surface area contributed by atoms with Crippen molar-refractivity contribution < 1.29 is 0 Å². The van der Waals surface area contributed by atoms with E-state index >= 15 is 0 Å². The Morgan fingerprint density at radius 2 is 2.32 bits per heavy atom. The van der Waals surface area contributed by atoms with E-state index < -0.39 is 0 Å². The summed E-state index contributed by atoms with van der Waals surface area (Å²) in [5, 5.41) is 3.63. The van der Waals surface area contributed by atoms with Crippen LogP contribution in [-0.2, 0) is 12.8 Å². The average molecular weight is 275 g/mol. The summed E-state index contributed by atoms with van der Waals surface area (Å²) in [6.07, 6.45) is 8.23. The molecule has 0 bridgehead atoms. The molecule has 0 amide bonds. The molecule has 0 spiro atoms. The van der Waals surface area contributed by atoms with Gasteiger partial charge in [0.25, 0.3) is 0 Å². The summed E-state index contributed by atoms with van der Waals surface area (Å²) in [5.41, 5.74) is 3.08. The molecular formula is C15H21N3S. The molecule has 2 heterocycles. The lowest BCUT2D eigenvalue weighted by Crippen LogP contribution is -2.32. The fraction of sp³-hybridized carbons (Fsp3) is 0.467. The third-order valence-corrected chi connectivity index (χ3v) is 3.89. The summed E-state index contributed by atoms with van der Waals surface area (Å²) in [6, 6.07) is 6.64. The second kappa shape index (κ2) is 8.02. The Morgan fingerprint density at radius 3 is 3.00 bits per heavy atom. The molecule has 0 saturated heterocycles. The Balaban J connectivity index is 1.86. The number of hydrogen-bond acceptors (Lipinski definition) is 4. The molecule has 0 saturated carbocycles. The largest absolute Gasteiger partial charge is 0.314 e. The normalized spacial score (nSPS) is 12.5. The summed E-state index contributed by atoms with van der Waals surface area (Å²) < 4.78 is 0. The molecule has 2 aromatic heterocycles. The van der Waals surface area contributed by atoms with Crippen molar-refractivity contribution in [2.75, 3.05) is 6.54 Å². The Labute approximate surface area is 119 Å². The minimum atomic E-state index is 0.516. The van der Waals surface area contributed by atoms with Crippen LogP contribution >= 0.6 is 11.3 Å². The van der Waals surface area contributed by atoms with Gasteiger partial charge in [0, 0.05) is 29.0 Å². The van der Waals surface area contributed by atoms with Gasteiger partial charge in [-0.15, -0.1) is 11.3 Å². The maximum absolute atomic E-state index is 4.39. The van der Waals surface area contributed by atoms with Crippen molar-refractivity contribution in [1.82, 2.24) is 15.3 Å². The fourth-order valence-corrected chi connectivity index (χ4v) is 2.75. The summed E-state index contributed by atoms with van der Waals surface area (Å²) in [7, 11) is 0. The molecule has 0 aromatic carbocycles.